The number of thiophene rings is 1. The molecule has 1 heterocycles. The van der Waals surface area contributed by atoms with E-state index in [4.69, 9.17) is 0 Å². The van der Waals surface area contributed by atoms with Gasteiger partial charge in [0.05, 0.1) is 17.0 Å². The Morgan fingerprint density at radius 2 is 1.79 bits per heavy atom. The second kappa shape index (κ2) is 15.2. The van der Waals surface area contributed by atoms with Crippen LogP contribution >= 0.6 is 11.3 Å². The van der Waals surface area contributed by atoms with Gasteiger partial charge in [0.25, 0.3) is 5.91 Å². The zero-order chi connectivity index (χ0) is 30.9. The normalized spacial score (nSPS) is 17.3. The molecule has 7 nitrogen and oxygen atoms in total. The zero-order valence-corrected chi connectivity index (χ0v) is 26.1. The minimum absolute atomic E-state index is 0.0723. The smallest absolute Gasteiger partial charge is 0.262 e. The summed E-state index contributed by atoms with van der Waals surface area (Å²) < 4.78 is 0. The molecule has 8 heteroatoms. The van der Waals surface area contributed by atoms with E-state index in [1.807, 2.05) is 74.7 Å². The topological polar surface area (TPSA) is 109 Å². The minimum Gasteiger partial charge on any atom is -0.346 e. The molecule has 2 aromatic carbocycles. The second-order valence-corrected chi connectivity index (χ2v) is 13.1. The molecular weight excluding hydrogens is 560 g/mol. The predicted molar refractivity (Wildman–Crippen MR) is 170 cm³/mol. The van der Waals surface area contributed by atoms with E-state index in [1.165, 1.54) is 11.3 Å². The minimum atomic E-state index is -0.844. The van der Waals surface area contributed by atoms with Gasteiger partial charge in [0.2, 0.25) is 5.91 Å². The highest BCUT2D eigenvalue weighted by atomic mass is 32.1. The Hall–Kier alpha value is -3.65. The standard InChI is InChI=1S/C35H42N2O5S/c1-22(2)17-27(34(41)36-28(21-38)18-26-10-5-7-14-31(26)39)20-32(40)30(37-35(42)33-23(3)15-16-43-33)19-25-12-8-11-24-9-4-6-13-29(24)25/h4,6,8-9,11-13,15-16,21-22,26-28,30H,5,7,10,14,17-20H2,1-3H3,(H,36,41)(H,37,42)/t26-,27+,28-,30-/m0/s1. The number of aryl methyl sites for hydroxylation is 1. The van der Waals surface area contributed by atoms with Gasteiger partial charge in [-0.15, -0.1) is 11.3 Å². The summed E-state index contributed by atoms with van der Waals surface area (Å²) in [6.07, 6.45) is 4.70. The zero-order valence-electron chi connectivity index (χ0n) is 25.3. The van der Waals surface area contributed by atoms with Gasteiger partial charge in [-0.05, 0) is 71.9 Å². The Balaban J connectivity index is 1.54. The number of nitrogens with one attached hydrogen (secondary N) is 2. The van der Waals surface area contributed by atoms with Crippen molar-refractivity contribution in [1.82, 2.24) is 10.6 Å². The molecule has 2 amide bonds. The van der Waals surface area contributed by atoms with Crippen molar-refractivity contribution in [3.05, 3.63) is 69.9 Å². The van der Waals surface area contributed by atoms with Crippen molar-refractivity contribution in [2.75, 3.05) is 0 Å². The molecule has 0 spiro atoms. The Morgan fingerprint density at radius 1 is 1.02 bits per heavy atom. The molecule has 0 bridgehead atoms. The molecule has 0 radical (unpaired) electrons. The maximum atomic E-state index is 14.0. The van der Waals surface area contributed by atoms with Gasteiger partial charge >= 0.3 is 0 Å². The SMILES string of the molecule is Cc1ccsc1C(=O)N[C@@H](Cc1cccc2ccccc12)C(=O)C[C@@H](CC(C)C)C(=O)N[C@H](C=O)C[C@@H]1CCCCC1=O. The van der Waals surface area contributed by atoms with Gasteiger partial charge in [0.15, 0.2) is 5.78 Å². The molecule has 1 aliphatic carbocycles. The Labute approximate surface area is 257 Å². The summed E-state index contributed by atoms with van der Waals surface area (Å²) >= 11 is 1.33. The summed E-state index contributed by atoms with van der Waals surface area (Å²) in [6, 6.07) is 14.1. The fourth-order valence-corrected chi connectivity index (χ4v) is 6.89. The van der Waals surface area contributed by atoms with Crippen molar-refractivity contribution < 1.29 is 24.0 Å². The van der Waals surface area contributed by atoms with Crippen LogP contribution in [0.25, 0.3) is 10.8 Å². The Kier molecular flexibility index (Phi) is 11.4. The second-order valence-electron chi connectivity index (χ2n) is 12.2. The van der Waals surface area contributed by atoms with E-state index in [1.54, 1.807) is 0 Å². The summed E-state index contributed by atoms with van der Waals surface area (Å²) in [4.78, 5) is 65.6. The van der Waals surface area contributed by atoms with Crippen molar-refractivity contribution in [2.45, 2.75) is 84.2 Å². The summed E-state index contributed by atoms with van der Waals surface area (Å²) in [5, 5.41) is 9.70. The van der Waals surface area contributed by atoms with Crippen LogP contribution in [-0.4, -0.2) is 41.8 Å². The van der Waals surface area contributed by atoms with Crippen LogP contribution in [0.3, 0.4) is 0 Å². The first kappa shape index (κ1) is 32.3. The number of Topliss-reactive ketones (excluding diaryl/α,β-unsaturated/α-hetero) is 2. The first-order valence-corrected chi connectivity index (χ1v) is 16.2. The first-order chi connectivity index (χ1) is 20.7. The van der Waals surface area contributed by atoms with Gasteiger partial charge in [0.1, 0.15) is 12.1 Å². The van der Waals surface area contributed by atoms with Crippen LogP contribution in [0.15, 0.2) is 53.9 Å². The average Bonchev–Trinajstić information content (AvgIpc) is 3.42. The van der Waals surface area contributed by atoms with Crippen LogP contribution < -0.4 is 10.6 Å². The number of amides is 2. The molecule has 228 valence electrons. The number of ketones is 2. The van der Waals surface area contributed by atoms with E-state index in [9.17, 15) is 24.0 Å². The van der Waals surface area contributed by atoms with E-state index >= 15 is 0 Å². The molecule has 0 aliphatic heterocycles. The number of carbonyl (C=O) groups is 5. The third-order valence-corrected chi connectivity index (χ3v) is 9.37. The third kappa shape index (κ3) is 8.69. The molecule has 0 saturated heterocycles. The number of hydrogen-bond acceptors (Lipinski definition) is 6. The monoisotopic (exact) mass is 602 g/mol. The van der Waals surface area contributed by atoms with Crippen LogP contribution in [0.2, 0.25) is 0 Å². The van der Waals surface area contributed by atoms with Crippen molar-refractivity contribution in [2.24, 2.45) is 17.8 Å². The fourth-order valence-electron chi connectivity index (χ4n) is 6.06. The van der Waals surface area contributed by atoms with Gasteiger partial charge in [0, 0.05) is 31.1 Å². The number of benzene rings is 2. The molecule has 1 saturated carbocycles. The van der Waals surface area contributed by atoms with Gasteiger partial charge in [-0.3, -0.25) is 19.2 Å². The highest BCUT2D eigenvalue weighted by molar-refractivity contribution is 7.12. The van der Waals surface area contributed by atoms with Crippen molar-refractivity contribution >= 4 is 51.8 Å². The fraction of sp³-hybridized carbons (Fsp3) is 0.457. The number of carbonyl (C=O) groups excluding carboxylic acids is 5. The van der Waals surface area contributed by atoms with E-state index < -0.39 is 18.0 Å². The van der Waals surface area contributed by atoms with E-state index in [2.05, 4.69) is 10.6 Å². The Bertz CT molecular complexity index is 1460. The van der Waals surface area contributed by atoms with E-state index in [0.29, 0.717) is 24.0 Å². The van der Waals surface area contributed by atoms with Crippen LogP contribution in [-0.2, 0) is 25.6 Å². The van der Waals surface area contributed by atoms with Crippen LogP contribution in [0.4, 0.5) is 0 Å². The quantitative estimate of drug-likeness (QED) is 0.220. The largest absolute Gasteiger partial charge is 0.346 e. The van der Waals surface area contributed by atoms with Crippen LogP contribution in [0, 0.1) is 24.7 Å². The van der Waals surface area contributed by atoms with Crippen LogP contribution in [0.5, 0.6) is 0 Å². The molecule has 1 aromatic heterocycles. The van der Waals surface area contributed by atoms with Crippen molar-refractivity contribution in [3.8, 4) is 0 Å². The maximum absolute atomic E-state index is 14.0. The number of hydrogen-bond donors (Lipinski definition) is 2. The Morgan fingerprint density at radius 3 is 2.49 bits per heavy atom. The average molecular weight is 603 g/mol. The number of fused-ring (bicyclic) bond motifs is 1. The van der Waals surface area contributed by atoms with Gasteiger partial charge in [-0.2, -0.15) is 0 Å². The van der Waals surface area contributed by atoms with E-state index in [-0.39, 0.29) is 54.5 Å². The molecule has 0 unspecified atom stereocenters. The highest BCUT2D eigenvalue weighted by Crippen LogP contribution is 2.26. The molecule has 3 aromatic rings. The maximum Gasteiger partial charge on any atom is 0.262 e. The molecule has 2 N–H and O–H groups in total. The lowest BCUT2D eigenvalue weighted by atomic mass is 9.83. The third-order valence-electron chi connectivity index (χ3n) is 8.35. The lowest BCUT2D eigenvalue weighted by Crippen LogP contribution is -2.46. The van der Waals surface area contributed by atoms with Gasteiger partial charge in [-0.25, -0.2) is 0 Å². The van der Waals surface area contributed by atoms with Crippen LogP contribution in [0.1, 0.15) is 79.6 Å². The molecular formula is C35H42N2O5S. The first-order valence-electron chi connectivity index (χ1n) is 15.3. The molecule has 4 rings (SSSR count). The van der Waals surface area contributed by atoms with Gasteiger partial charge in [-0.1, -0.05) is 62.7 Å². The summed E-state index contributed by atoms with van der Waals surface area (Å²) in [5.41, 5.74) is 1.77. The molecule has 1 fully saturated rings. The van der Waals surface area contributed by atoms with Crippen molar-refractivity contribution in [3.63, 3.8) is 0 Å². The summed E-state index contributed by atoms with van der Waals surface area (Å²) in [6.45, 7) is 5.83. The molecule has 43 heavy (non-hydrogen) atoms. The lowest BCUT2D eigenvalue weighted by molar-refractivity contribution is -0.132. The number of rotatable bonds is 14. The highest BCUT2D eigenvalue weighted by Gasteiger charge is 2.32. The lowest BCUT2D eigenvalue weighted by Gasteiger charge is -2.26. The summed E-state index contributed by atoms with van der Waals surface area (Å²) in [5.74, 6) is -1.54. The summed E-state index contributed by atoms with van der Waals surface area (Å²) in [7, 11) is 0. The molecule has 4 atom stereocenters. The molecule has 1 aliphatic rings. The predicted octanol–water partition coefficient (Wildman–Crippen LogP) is 6.01. The number of aldehydes is 1. The van der Waals surface area contributed by atoms with Gasteiger partial charge < -0.3 is 15.4 Å². The van der Waals surface area contributed by atoms with Crippen molar-refractivity contribution in [1.29, 1.82) is 0 Å². The van der Waals surface area contributed by atoms with E-state index in [0.717, 1.165) is 41.2 Å².